The second-order valence-corrected chi connectivity index (χ2v) is 4.92. The van der Waals surface area contributed by atoms with E-state index in [-0.39, 0.29) is 10.4 Å². The van der Waals surface area contributed by atoms with E-state index in [0.29, 0.717) is 5.82 Å². The minimum atomic E-state index is 0.0478. The summed E-state index contributed by atoms with van der Waals surface area (Å²) in [5, 5.41) is 10.5. The Labute approximate surface area is 117 Å². The average Bonchev–Trinajstić information content (AvgIpc) is 2.27. The molecule has 7 heteroatoms. The van der Waals surface area contributed by atoms with Gasteiger partial charge in [0.1, 0.15) is 0 Å². The van der Waals surface area contributed by atoms with Crippen LogP contribution in [0, 0.1) is 6.92 Å². The molecule has 0 saturated heterocycles. The highest BCUT2D eigenvalue weighted by atomic mass is 79.9. The number of aryl methyl sites for hydroxylation is 1. The minimum absolute atomic E-state index is 0.0478. The number of benzene rings is 1. The van der Waals surface area contributed by atoms with E-state index < -0.39 is 0 Å². The number of hydrogen-bond acceptors (Lipinski definition) is 4. The lowest BCUT2D eigenvalue weighted by molar-refractivity contribution is 0.974. The molecule has 1 heterocycles. The lowest BCUT2D eigenvalue weighted by Gasteiger charge is -2.09. The van der Waals surface area contributed by atoms with Crippen molar-refractivity contribution in [1.82, 2.24) is 15.2 Å². The first-order valence-electron chi connectivity index (χ1n) is 4.65. The van der Waals surface area contributed by atoms with Gasteiger partial charge in [-0.1, -0.05) is 27.5 Å². The minimum Gasteiger partial charge on any atom is -0.337 e. The summed E-state index contributed by atoms with van der Waals surface area (Å²) >= 11 is 14.9. The number of rotatable bonds is 2. The fourth-order valence-corrected chi connectivity index (χ4v) is 1.99. The van der Waals surface area contributed by atoms with Crippen LogP contribution < -0.4 is 5.32 Å². The molecule has 2 aromatic rings. The van der Waals surface area contributed by atoms with Crippen LogP contribution in [0.3, 0.4) is 0 Å². The van der Waals surface area contributed by atoms with Crippen molar-refractivity contribution in [1.29, 1.82) is 0 Å². The van der Waals surface area contributed by atoms with Crippen LogP contribution in [-0.2, 0) is 0 Å². The topological polar surface area (TPSA) is 50.7 Å². The molecule has 1 aromatic carbocycles. The highest BCUT2D eigenvalue weighted by Gasteiger charge is 2.07. The van der Waals surface area contributed by atoms with Gasteiger partial charge in [0.25, 0.3) is 0 Å². The molecule has 0 aliphatic rings. The Morgan fingerprint density at radius 1 is 1.24 bits per heavy atom. The van der Waals surface area contributed by atoms with Crippen molar-refractivity contribution in [2.45, 2.75) is 6.92 Å². The molecule has 88 valence electrons. The van der Waals surface area contributed by atoms with Crippen LogP contribution in [0.2, 0.25) is 10.4 Å². The van der Waals surface area contributed by atoms with Gasteiger partial charge in [0.15, 0.2) is 11.0 Å². The number of nitrogens with zero attached hydrogens (tertiary/aromatic N) is 3. The van der Waals surface area contributed by atoms with E-state index in [4.69, 9.17) is 23.2 Å². The molecule has 0 aliphatic carbocycles. The first kappa shape index (κ1) is 12.5. The third kappa shape index (κ3) is 3.06. The van der Waals surface area contributed by atoms with E-state index in [1.165, 1.54) is 0 Å². The van der Waals surface area contributed by atoms with Crippen molar-refractivity contribution in [3.05, 3.63) is 38.7 Å². The highest BCUT2D eigenvalue weighted by molar-refractivity contribution is 9.10. The molecule has 17 heavy (non-hydrogen) atoms. The van der Waals surface area contributed by atoms with Gasteiger partial charge in [0.05, 0.1) is 0 Å². The van der Waals surface area contributed by atoms with E-state index in [1.54, 1.807) is 0 Å². The van der Waals surface area contributed by atoms with Crippen molar-refractivity contribution < 1.29 is 0 Å². The van der Waals surface area contributed by atoms with Gasteiger partial charge < -0.3 is 5.32 Å². The summed E-state index contributed by atoms with van der Waals surface area (Å²) in [7, 11) is 0. The van der Waals surface area contributed by atoms with E-state index in [9.17, 15) is 0 Å². The smallest absolute Gasteiger partial charge is 0.245 e. The van der Waals surface area contributed by atoms with Crippen LogP contribution in [-0.4, -0.2) is 15.2 Å². The summed E-state index contributed by atoms with van der Waals surface area (Å²) in [6.07, 6.45) is 0. The number of nitrogens with one attached hydrogen (secondary N) is 1. The summed E-state index contributed by atoms with van der Waals surface area (Å²) < 4.78 is 1.01. The molecule has 1 N–H and O–H groups in total. The van der Waals surface area contributed by atoms with Crippen LogP contribution in [0.15, 0.2) is 22.7 Å². The predicted octanol–water partition coefficient (Wildman–Crippen LogP) is 3.99. The Morgan fingerprint density at radius 3 is 2.71 bits per heavy atom. The second-order valence-electron chi connectivity index (χ2n) is 3.30. The number of anilines is 2. The Hall–Kier alpha value is -0.910. The summed E-state index contributed by atoms with van der Waals surface area (Å²) in [5.41, 5.74) is 1.93. The van der Waals surface area contributed by atoms with Crippen LogP contribution >= 0.6 is 39.1 Å². The molecule has 0 amide bonds. The summed E-state index contributed by atoms with van der Waals surface area (Å²) in [6.45, 7) is 1.97. The van der Waals surface area contributed by atoms with E-state index >= 15 is 0 Å². The largest absolute Gasteiger partial charge is 0.337 e. The maximum Gasteiger partial charge on any atom is 0.245 e. The zero-order valence-electron chi connectivity index (χ0n) is 8.71. The summed E-state index contributed by atoms with van der Waals surface area (Å²) in [5.74, 6) is 0.386. The normalized spacial score (nSPS) is 10.4. The predicted molar refractivity (Wildman–Crippen MR) is 72.0 cm³/mol. The number of aromatic nitrogens is 3. The van der Waals surface area contributed by atoms with Gasteiger partial charge in [-0.25, -0.2) is 0 Å². The highest BCUT2D eigenvalue weighted by Crippen LogP contribution is 2.26. The van der Waals surface area contributed by atoms with Crippen LogP contribution in [0.1, 0.15) is 5.56 Å². The molecular formula is C10H7BrCl2N4. The molecule has 0 bridgehead atoms. The Bertz CT molecular complexity index is 562. The van der Waals surface area contributed by atoms with Gasteiger partial charge in [0.2, 0.25) is 5.28 Å². The van der Waals surface area contributed by atoms with Crippen molar-refractivity contribution in [2.75, 3.05) is 5.32 Å². The fraction of sp³-hybridized carbons (Fsp3) is 0.100. The lowest BCUT2D eigenvalue weighted by atomic mass is 10.2. The van der Waals surface area contributed by atoms with Gasteiger partial charge in [-0.3, -0.25) is 0 Å². The molecule has 0 unspecified atom stereocenters. The van der Waals surface area contributed by atoms with E-state index in [1.807, 2.05) is 25.1 Å². The van der Waals surface area contributed by atoms with E-state index in [2.05, 4.69) is 36.4 Å². The van der Waals surface area contributed by atoms with Gasteiger partial charge in [0, 0.05) is 10.2 Å². The van der Waals surface area contributed by atoms with Crippen molar-refractivity contribution in [2.24, 2.45) is 0 Å². The van der Waals surface area contributed by atoms with E-state index in [0.717, 1.165) is 15.7 Å². The van der Waals surface area contributed by atoms with Crippen LogP contribution in [0.4, 0.5) is 11.5 Å². The first-order chi connectivity index (χ1) is 8.06. The third-order valence-corrected chi connectivity index (χ3v) is 2.97. The summed E-state index contributed by atoms with van der Waals surface area (Å²) in [4.78, 5) is 3.97. The fourth-order valence-electron chi connectivity index (χ4n) is 1.27. The lowest BCUT2D eigenvalue weighted by Crippen LogP contribution is -2.00. The Balaban J connectivity index is 2.34. The van der Waals surface area contributed by atoms with Gasteiger partial charge >= 0.3 is 0 Å². The van der Waals surface area contributed by atoms with Gasteiger partial charge in [-0.05, 0) is 42.3 Å². The van der Waals surface area contributed by atoms with Gasteiger partial charge in [-0.15, -0.1) is 10.2 Å². The molecule has 0 spiro atoms. The molecule has 0 radical (unpaired) electrons. The molecule has 2 rings (SSSR count). The Kier molecular flexibility index (Phi) is 3.81. The maximum atomic E-state index is 5.86. The molecule has 0 saturated carbocycles. The third-order valence-electron chi connectivity index (χ3n) is 2.06. The first-order valence-corrected chi connectivity index (χ1v) is 6.20. The molecular weight excluding hydrogens is 327 g/mol. The molecule has 0 fully saturated rings. The maximum absolute atomic E-state index is 5.86. The Morgan fingerprint density at radius 2 is 2.00 bits per heavy atom. The SMILES string of the molecule is Cc1cc(Br)ccc1Nc1nc(Cl)nnc1Cl. The monoisotopic (exact) mass is 332 g/mol. The van der Waals surface area contributed by atoms with Crippen molar-refractivity contribution in [3.63, 3.8) is 0 Å². The molecule has 0 aliphatic heterocycles. The summed E-state index contributed by atoms with van der Waals surface area (Å²) in [6, 6.07) is 5.80. The van der Waals surface area contributed by atoms with Crippen LogP contribution in [0.25, 0.3) is 0 Å². The zero-order valence-corrected chi connectivity index (χ0v) is 11.8. The standard InChI is InChI=1S/C10H7BrCl2N4/c1-5-4-6(11)2-3-7(5)14-9-8(12)16-17-10(13)15-9/h2-4H,1H3,(H,14,15,17). The van der Waals surface area contributed by atoms with Crippen molar-refractivity contribution in [3.8, 4) is 0 Å². The zero-order chi connectivity index (χ0) is 12.4. The quantitative estimate of drug-likeness (QED) is 0.902. The van der Waals surface area contributed by atoms with Crippen LogP contribution in [0.5, 0.6) is 0 Å². The molecule has 1 aromatic heterocycles. The molecule has 0 atom stereocenters. The van der Waals surface area contributed by atoms with Crippen molar-refractivity contribution >= 4 is 50.6 Å². The average molecular weight is 334 g/mol. The molecule has 4 nitrogen and oxygen atoms in total. The number of halogens is 3. The number of hydrogen-bond donors (Lipinski definition) is 1. The second kappa shape index (κ2) is 5.16. The van der Waals surface area contributed by atoms with Gasteiger partial charge in [-0.2, -0.15) is 4.98 Å².